The molecule has 0 bridgehead atoms. The summed E-state index contributed by atoms with van der Waals surface area (Å²) in [4.78, 5) is 22.0. The maximum atomic E-state index is 12.7. The minimum Gasteiger partial charge on any atom is -0.360 e. The van der Waals surface area contributed by atoms with E-state index in [1.807, 2.05) is 23.1 Å². The van der Waals surface area contributed by atoms with Gasteiger partial charge in [-0.25, -0.2) is 9.78 Å². The van der Waals surface area contributed by atoms with Gasteiger partial charge in [-0.2, -0.15) is 0 Å². The molecule has 2 N–H and O–H groups in total. The van der Waals surface area contributed by atoms with Crippen LogP contribution in [-0.4, -0.2) is 33.7 Å². The van der Waals surface area contributed by atoms with Gasteiger partial charge >= 0.3 is 6.03 Å². The smallest absolute Gasteiger partial charge is 0.322 e. The fraction of sp³-hybridized carbons (Fsp3) is 0.348. The number of benzene rings is 1. The second-order valence-electron chi connectivity index (χ2n) is 8.53. The Morgan fingerprint density at radius 2 is 2.13 bits per heavy atom. The number of H-pyrrole nitrogens is 1. The zero-order chi connectivity index (χ0) is 20.2. The summed E-state index contributed by atoms with van der Waals surface area (Å²) in [5.74, 6) is 2.03. The molecule has 2 amide bonds. The van der Waals surface area contributed by atoms with E-state index in [-0.39, 0.29) is 23.9 Å². The van der Waals surface area contributed by atoms with Crippen molar-refractivity contribution in [1.29, 1.82) is 0 Å². The number of fused-ring (bicyclic) bond motifs is 1. The number of aromatic nitrogens is 3. The number of carbonyl (C=O) groups excluding carboxylic acids is 1. The molecular formula is C23H23N5O2. The van der Waals surface area contributed by atoms with Crippen LogP contribution in [0.3, 0.4) is 0 Å². The van der Waals surface area contributed by atoms with Crippen LogP contribution in [0.5, 0.6) is 0 Å². The molecular weight excluding hydrogens is 378 g/mol. The molecule has 3 atom stereocenters. The van der Waals surface area contributed by atoms with Gasteiger partial charge in [-0.3, -0.25) is 4.90 Å². The fourth-order valence-corrected chi connectivity index (χ4v) is 4.68. The molecule has 2 aliphatic carbocycles. The number of hydrogen-bond donors (Lipinski definition) is 2. The molecule has 6 rings (SSSR count). The lowest BCUT2D eigenvalue weighted by Gasteiger charge is -2.33. The summed E-state index contributed by atoms with van der Waals surface area (Å²) in [6.07, 6.45) is 10.7. The Kier molecular flexibility index (Phi) is 3.84. The summed E-state index contributed by atoms with van der Waals surface area (Å²) in [5.41, 5.74) is 4.70. The van der Waals surface area contributed by atoms with Crippen LogP contribution in [0.2, 0.25) is 0 Å². The van der Waals surface area contributed by atoms with Gasteiger partial charge in [-0.15, -0.1) is 0 Å². The van der Waals surface area contributed by atoms with Gasteiger partial charge in [0, 0.05) is 30.1 Å². The monoisotopic (exact) mass is 401 g/mol. The minimum atomic E-state index is -0.0557. The Balaban J connectivity index is 1.27. The first kappa shape index (κ1) is 17.5. The molecule has 1 aromatic carbocycles. The van der Waals surface area contributed by atoms with Crippen molar-refractivity contribution in [3.8, 4) is 0 Å². The number of rotatable bonds is 4. The molecule has 7 heteroatoms. The number of aromatic amines is 1. The summed E-state index contributed by atoms with van der Waals surface area (Å²) in [6.45, 7) is 2.83. The van der Waals surface area contributed by atoms with Crippen LogP contribution < -0.4 is 10.2 Å². The van der Waals surface area contributed by atoms with E-state index in [4.69, 9.17) is 4.52 Å². The van der Waals surface area contributed by atoms with Crippen LogP contribution in [0.4, 0.5) is 10.5 Å². The van der Waals surface area contributed by atoms with Gasteiger partial charge in [-0.1, -0.05) is 30.3 Å². The highest BCUT2D eigenvalue weighted by molar-refractivity contribution is 5.97. The number of allylic oxidation sites excluding steroid dienone is 3. The largest absolute Gasteiger partial charge is 0.360 e. The van der Waals surface area contributed by atoms with E-state index in [2.05, 4.69) is 51.7 Å². The predicted octanol–water partition coefficient (Wildman–Crippen LogP) is 4.23. The Labute approximate surface area is 173 Å². The van der Waals surface area contributed by atoms with Crippen LogP contribution in [0, 0.1) is 11.8 Å². The van der Waals surface area contributed by atoms with Crippen molar-refractivity contribution in [2.24, 2.45) is 11.8 Å². The van der Waals surface area contributed by atoms with Gasteiger partial charge in [0.1, 0.15) is 11.5 Å². The summed E-state index contributed by atoms with van der Waals surface area (Å²) >= 11 is 0. The van der Waals surface area contributed by atoms with Crippen molar-refractivity contribution >= 4 is 28.3 Å². The molecule has 2 aromatic heterocycles. The van der Waals surface area contributed by atoms with E-state index in [9.17, 15) is 4.79 Å². The Hall–Kier alpha value is -3.35. The highest BCUT2D eigenvalue weighted by Crippen LogP contribution is 2.41. The quantitative estimate of drug-likeness (QED) is 0.685. The van der Waals surface area contributed by atoms with Gasteiger partial charge in [0.05, 0.1) is 23.4 Å². The van der Waals surface area contributed by atoms with Crippen LogP contribution in [-0.2, 0) is 0 Å². The number of amides is 2. The third-order valence-corrected chi connectivity index (χ3v) is 6.49. The highest BCUT2D eigenvalue weighted by Gasteiger charge is 2.39. The van der Waals surface area contributed by atoms with Crippen molar-refractivity contribution in [2.45, 2.75) is 31.7 Å². The first-order valence-electron chi connectivity index (χ1n) is 10.5. The number of imidazole rings is 1. The standard InChI is InChI=1S/C23H23N5O2/c1-13-8-15(19-10-22(30-27-19)14-2-3-14)4-6-17(13)21-11-24-23(29)28(21)16-5-7-18-20(9-16)26-12-25-18/h4-10,12-14,17,21H,2-3,11H2,1H3,(H,24,29)(H,25,26). The third kappa shape index (κ3) is 2.84. The van der Waals surface area contributed by atoms with Gasteiger partial charge in [0.15, 0.2) is 0 Å². The molecule has 1 saturated heterocycles. The molecule has 1 saturated carbocycles. The van der Waals surface area contributed by atoms with E-state index in [1.165, 1.54) is 12.8 Å². The normalized spacial score (nSPS) is 26.3. The molecule has 0 radical (unpaired) electrons. The van der Waals surface area contributed by atoms with Gasteiger partial charge in [0.2, 0.25) is 0 Å². The number of nitrogens with one attached hydrogen (secondary N) is 2. The van der Waals surface area contributed by atoms with Crippen molar-refractivity contribution < 1.29 is 9.32 Å². The average Bonchev–Trinajstić information content (AvgIpc) is 3.15. The van der Waals surface area contributed by atoms with E-state index in [1.54, 1.807) is 6.33 Å². The second-order valence-corrected chi connectivity index (χ2v) is 8.53. The van der Waals surface area contributed by atoms with Gasteiger partial charge < -0.3 is 14.8 Å². The number of carbonyl (C=O) groups is 1. The molecule has 3 aliphatic rings. The first-order chi connectivity index (χ1) is 14.7. The van der Waals surface area contributed by atoms with Crippen LogP contribution >= 0.6 is 0 Å². The molecule has 1 aliphatic heterocycles. The molecule has 3 aromatic rings. The van der Waals surface area contributed by atoms with E-state index in [0.717, 1.165) is 33.7 Å². The fourth-order valence-electron chi connectivity index (χ4n) is 4.68. The molecule has 152 valence electrons. The number of nitrogens with zero attached hydrogens (tertiary/aromatic N) is 3. The lowest BCUT2D eigenvalue weighted by atomic mass is 9.81. The number of hydrogen-bond acceptors (Lipinski definition) is 4. The maximum absolute atomic E-state index is 12.7. The van der Waals surface area contributed by atoms with E-state index >= 15 is 0 Å². The lowest BCUT2D eigenvalue weighted by molar-refractivity contribution is 0.251. The van der Waals surface area contributed by atoms with Crippen molar-refractivity contribution in [3.05, 3.63) is 60.3 Å². The zero-order valence-corrected chi connectivity index (χ0v) is 16.7. The molecule has 3 heterocycles. The van der Waals surface area contributed by atoms with Gasteiger partial charge in [-0.05, 0) is 42.5 Å². The minimum absolute atomic E-state index is 0.0428. The summed E-state index contributed by atoms with van der Waals surface area (Å²) in [6, 6.07) is 7.97. The van der Waals surface area contributed by atoms with Crippen molar-refractivity contribution in [1.82, 2.24) is 20.4 Å². The van der Waals surface area contributed by atoms with Gasteiger partial charge in [0.25, 0.3) is 0 Å². The zero-order valence-electron chi connectivity index (χ0n) is 16.7. The molecule has 7 nitrogen and oxygen atoms in total. The summed E-state index contributed by atoms with van der Waals surface area (Å²) in [5, 5.41) is 7.30. The maximum Gasteiger partial charge on any atom is 0.322 e. The van der Waals surface area contributed by atoms with Crippen molar-refractivity contribution in [2.75, 3.05) is 11.4 Å². The van der Waals surface area contributed by atoms with E-state index in [0.29, 0.717) is 12.5 Å². The average molecular weight is 401 g/mol. The Morgan fingerprint density at radius 3 is 2.97 bits per heavy atom. The topological polar surface area (TPSA) is 87.1 Å². The summed E-state index contributed by atoms with van der Waals surface area (Å²) < 4.78 is 5.53. The number of anilines is 1. The second kappa shape index (κ2) is 6.58. The lowest BCUT2D eigenvalue weighted by Crippen LogP contribution is -2.41. The number of urea groups is 1. The van der Waals surface area contributed by atoms with E-state index < -0.39 is 0 Å². The third-order valence-electron chi connectivity index (χ3n) is 6.49. The summed E-state index contributed by atoms with van der Waals surface area (Å²) in [7, 11) is 0. The molecule has 30 heavy (non-hydrogen) atoms. The van der Waals surface area contributed by atoms with Crippen molar-refractivity contribution in [3.63, 3.8) is 0 Å². The molecule has 2 fully saturated rings. The SMILES string of the molecule is CC1C=C(c2cc(C3CC3)on2)C=CC1C1CNC(=O)N1c1ccc2nc[nH]c2c1. The molecule has 3 unspecified atom stereocenters. The molecule has 0 spiro atoms. The Morgan fingerprint density at radius 1 is 1.23 bits per heavy atom. The van der Waals surface area contributed by atoms with Crippen LogP contribution in [0.25, 0.3) is 16.6 Å². The first-order valence-corrected chi connectivity index (χ1v) is 10.5. The van der Waals surface area contributed by atoms with Crippen LogP contribution in [0.15, 0.2) is 53.3 Å². The Bertz CT molecular complexity index is 1190. The highest BCUT2D eigenvalue weighted by atomic mass is 16.5. The van der Waals surface area contributed by atoms with Crippen LogP contribution in [0.1, 0.15) is 37.1 Å². The predicted molar refractivity (Wildman–Crippen MR) is 114 cm³/mol.